The molecule has 2 atom stereocenters. The number of hydrogen-bond donors (Lipinski definition) is 0. The summed E-state index contributed by atoms with van der Waals surface area (Å²) in [5.74, 6) is 0.597. The maximum Gasteiger partial charge on any atom is 0.209 e. The van der Waals surface area contributed by atoms with Gasteiger partial charge in [0.2, 0.25) is 6.41 Å². The Morgan fingerprint density at radius 1 is 1.36 bits per heavy atom. The van der Waals surface area contributed by atoms with E-state index in [0.29, 0.717) is 12.0 Å². The SMILES string of the molecule is CCC(C)C(C)N(C=O)CC. The van der Waals surface area contributed by atoms with Crippen LogP contribution in [0, 0.1) is 5.92 Å². The molecule has 0 fully saturated rings. The Morgan fingerprint density at radius 3 is 2.18 bits per heavy atom. The highest BCUT2D eigenvalue weighted by atomic mass is 16.1. The Morgan fingerprint density at radius 2 is 1.91 bits per heavy atom. The molecule has 0 saturated heterocycles. The molecule has 0 heterocycles. The molecule has 0 spiro atoms. The second-order valence-electron chi connectivity index (χ2n) is 3.06. The summed E-state index contributed by atoms with van der Waals surface area (Å²) in [4.78, 5) is 12.4. The first-order valence-corrected chi connectivity index (χ1v) is 4.38. The molecule has 0 aliphatic rings. The quantitative estimate of drug-likeness (QED) is 0.558. The van der Waals surface area contributed by atoms with E-state index in [4.69, 9.17) is 0 Å². The smallest absolute Gasteiger partial charge is 0.209 e. The molecule has 0 aromatic carbocycles. The van der Waals surface area contributed by atoms with Crippen LogP contribution in [-0.2, 0) is 4.79 Å². The van der Waals surface area contributed by atoms with Crippen molar-refractivity contribution in [3.63, 3.8) is 0 Å². The van der Waals surface area contributed by atoms with E-state index in [1.165, 1.54) is 0 Å². The van der Waals surface area contributed by atoms with Crippen LogP contribution in [0.5, 0.6) is 0 Å². The predicted octanol–water partition coefficient (Wildman–Crippen LogP) is 1.90. The largest absolute Gasteiger partial charge is 0.343 e. The number of carbonyl (C=O) groups excluding carboxylic acids is 1. The van der Waals surface area contributed by atoms with Gasteiger partial charge in [0, 0.05) is 12.6 Å². The third-order valence-electron chi connectivity index (χ3n) is 2.49. The second kappa shape index (κ2) is 5.16. The van der Waals surface area contributed by atoms with Crippen molar-refractivity contribution in [2.45, 2.75) is 40.2 Å². The molecule has 0 aliphatic carbocycles. The molecule has 1 amide bonds. The van der Waals surface area contributed by atoms with Crippen LogP contribution >= 0.6 is 0 Å². The summed E-state index contributed by atoms with van der Waals surface area (Å²) in [7, 11) is 0. The maximum absolute atomic E-state index is 10.5. The van der Waals surface area contributed by atoms with Crippen LogP contribution in [-0.4, -0.2) is 23.9 Å². The predicted molar refractivity (Wildman–Crippen MR) is 47.4 cm³/mol. The molecule has 0 aromatic rings. The zero-order valence-electron chi connectivity index (χ0n) is 8.00. The van der Waals surface area contributed by atoms with E-state index in [0.717, 1.165) is 19.4 Å². The molecule has 2 nitrogen and oxygen atoms in total. The van der Waals surface area contributed by atoms with Gasteiger partial charge in [-0.05, 0) is 19.8 Å². The first kappa shape index (κ1) is 10.5. The summed E-state index contributed by atoms with van der Waals surface area (Å²) in [5, 5.41) is 0. The molecule has 2 heteroatoms. The van der Waals surface area contributed by atoms with Crippen LogP contribution in [0.2, 0.25) is 0 Å². The van der Waals surface area contributed by atoms with E-state index in [1.807, 2.05) is 11.8 Å². The van der Waals surface area contributed by atoms with Crippen molar-refractivity contribution < 1.29 is 4.79 Å². The summed E-state index contributed by atoms with van der Waals surface area (Å²) in [6, 6.07) is 0.377. The number of carbonyl (C=O) groups is 1. The van der Waals surface area contributed by atoms with Crippen molar-refractivity contribution in [1.82, 2.24) is 4.90 Å². The Hall–Kier alpha value is -0.530. The first-order chi connectivity index (χ1) is 5.17. The fourth-order valence-electron chi connectivity index (χ4n) is 1.13. The highest BCUT2D eigenvalue weighted by molar-refractivity contribution is 5.47. The number of hydrogen-bond acceptors (Lipinski definition) is 1. The van der Waals surface area contributed by atoms with Gasteiger partial charge in [-0.25, -0.2) is 0 Å². The van der Waals surface area contributed by atoms with Gasteiger partial charge in [-0.3, -0.25) is 4.79 Å². The summed E-state index contributed by atoms with van der Waals surface area (Å²) in [5.41, 5.74) is 0. The van der Waals surface area contributed by atoms with Crippen LogP contribution < -0.4 is 0 Å². The Balaban J connectivity index is 3.96. The van der Waals surface area contributed by atoms with Gasteiger partial charge >= 0.3 is 0 Å². The van der Waals surface area contributed by atoms with E-state index >= 15 is 0 Å². The average Bonchev–Trinajstić information content (AvgIpc) is 2.05. The van der Waals surface area contributed by atoms with Gasteiger partial charge in [-0.1, -0.05) is 20.3 Å². The first-order valence-electron chi connectivity index (χ1n) is 4.38. The molecule has 0 bridgehead atoms. The average molecular weight is 157 g/mol. The van der Waals surface area contributed by atoms with Crippen molar-refractivity contribution >= 4 is 6.41 Å². The highest BCUT2D eigenvalue weighted by Gasteiger charge is 2.14. The van der Waals surface area contributed by atoms with E-state index in [9.17, 15) is 4.79 Å². The fraction of sp³-hybridized carbons (Fsp3) is 0.889. The second-order valence-corrected chi connectivity index (χ2v) is 3.06. The molecule has 0 aromatic heterocycles. The summed E-state index contributed by atoms with van der Waals surface area (Å²) in [6.07, 6.45) is 2.07. The minimum absolute atomic E-state index is 0.377. The van der Waals surface area contributed by atoms with Gasteiger partial charge in [0.05, 0.1) is 0 Å². The van der Waals surface area contributed by atoms with Crippen LogP contribution in [0.25, 0.3) is 0 Å². The molecule has 66 valence electrons. The molecular weight excluding hydrogens is 138 g/mol. The molecule has 11 heavy (non-hydrogen) atoms. The van der Waals surface area contributed by atoms with Gasteiger partial charge in [-0.2, -0.15) is 0 Å². The molecular formula is C9H19NO. The molecule has 2 unspecified atom stereocenters. The van der Waals surface area contributed by atoms with E-state index in [2.05, 4.69) is 20.8 Å². The third kappa shape index (κ3) is 2.91. The maximum atomic E-state index is 10.5. The molecule has 0 radical (unpaired) electrons. The lowest BCUT2D eigenvalue weighted by molar-refractivity contribution is -0.120. The Kier molecular flexibility index (Phi) is 4.92. The number of nitrogens with zero attached hydrogens (tertiary/aromatic N) is 1. The number of rotatable bonds is 5. The molecule has 0 saturated carbocycles. The van der Waals surface area contributed by atoms with Crippen molar-refractivity contribution in [3.8, 4) is 0 Å². The third-order valence-corrected chi connectivity index (χ3v) is 2.49. The normalized spacial score (nSPS) is 15.6. The standard InChI is InChI=1S/C9H19NO/c1-5-8(3)9(4)10(6-2)7-11/h7-9H,5-6H2,1-4H3. The van der Waals surface area contributed by atoms with Crippen molar-refractivity contribution in [2.24, 2.45) is 5.92 Å². The van der Waals surface area contributed by atoms with Crippen molar-refractivity contribution in [3.05, 3.63) is 0 Å². The molecule has 0 aliphatic heterocycles. The Bertz CT molecular complexity index is 114. The van der Waals surface area contributed by atoms with E-state index < -0.39 is 0 Å². The monoisotopic (exact) mass is 157 g/mol. The van der Waals surface area contributed by atoms with Gasteiger partial charge in [0.1, 0.15) is 0 Å². The summed E-state index contributed by atoms with van der Waals surface area (Å²) < 4.78 is 0. The van der Waals surface area contributed by atoms with Crippen molar-refractivity contribution in [2.75, 3.05) is 6.54 Å². The van der Waals surface area contributed by atoms with Crippen LogP contribution in [0.15, 0.2) is 0 Å². The molecule has 0 rings (SSSR count). The lowest BCUT2D eigenvalue weighted by Gasteiger charge is -2.28. The summed E-state index contributed by atoms with van der Waals surface area (Å²) >= 11 is 0. The summed E-state index contributed by atoms with van der Waals surface area (Å²) in [6.45, 7) is 9.25. The minimum Gasteiger partial charge on any atom is -0.343 e. The van der Waals surface area contributed by atoms with Gasteiger partial charge in [0.25, 0.3) is 0 Å². The van der Waals surface area contributed by atoms with Crippen LogP contribution in [0.1, 0.15) is 34.1 Å². The van der Waals surface area contributed by atoms with Gasteiger partial charge in [0.15, 0.2) is 0 Å². The van der Waals surface area contributed by atoms with Gasteiger partial charge in [-0.15, -0.1) is 0 Å². The van der Waals surface area contributed by atoms with E-state index in [-0.39, 0.29) is 0 Å². The zero-order valence-corrected chi connectivity index (χ0v) is 8.00. The lowest BCUT2D eigenvalue weighted by Crippen LogP contribution is -2.36. The fourth-order valence-corrected chi connectivity index (χ4v) is 1.13. The lowest BCUT2D eigenvalue weighted by atomic mass is 10.00. The zero-order chi connectivity index (χ0) is 8.85. The minimum atomic E-state index is 0.377. The highest BCUT2D eigenvalue weighted by Crippen LogP contribution is 2.11. The van der Waals surface area contributed by atoms with Gasteiger partial charge < -0.3 is 4.90 Å². The Labute approximate surface area is 69.6 Å². The van der Waals surface area contributed by atoms with Crippen LogP contribution in [0.4, 0.5) is 0 Å². The van der Waals surface area contributed by atoms with E-state index in [1.54, 1.807) is 0 Å². The topological polar surface area (TPSA) is 20.3 Å². The molecule has 0 N–H and O–H groups in total. The number of amides is 1. The van der Waals surface area contributed by atoms with Crippen LogP contribution in [0.3, 0.4) is 0 Å². The van der Waals surface area contributed by atoms with Crippen molar-refractivity contribution in [1.29, 1.82) is 0 Å².